The number of nitrogens with one attached hydrogen (secondary N) is 1. The van der Waals surface area contributed by atoms with Crippen molar-refractivity contribution in [2.75, 3.05) is 13.1 Å². The Labute approximate surface area is 192 Å². The summed E-state index contributed by atoms with van der Waals surface area (Å²) in [6, 6.07) is 11.0. The molecule has 32 heavy (non-hydrogen) atoms. The molecule has 6 nitrogen and oxygen atoms in total. The molecular weight excluding hydrogens is 420 g/mol. The van der Waals surface area contributed by atoms with Gasteiger partial charge in [0.15, 0.2) is 0 Å². The second-order valence-electron chi connectivity index (χ2n) is 9.02. The van der Waals surface area contributed by atoms with Crippen LogP contribution in [0.3, 0.4) is 0 Å². The largest absolute Gasteiger partial charge is 0.352 e. The molecule has 3 aromatic rings. The van der Waals surface area contributed by atoms with E-state index >= 15 is 0 Å². The van der Waals surface area contributed by atoms with Crippen LogP contribution in [0.15, 0.2) is 41.5 Å². The highest BCUT2D eigenvalue weighted by Gasteiger charge is 2.27. The maximum Gasteiger partial charge on any atom is 0.262 e. The molecule has 1 N–H and O–H groups in total. The molecule has 3 heterocycles. The summed E-state index contributed by atoms with van der Waals surface area (Å²) in [7, 11) is 0. The molecule has 0 bridgehead atoms. The summed E-state index contributed by atoms with van der Waals surface area (Å²) in [5.41, 5.74) is 2.51. The number of amides is 1. The van der Waals surface area contributed by atoms with Crippen LogP contribution in [0.2, 0.25) is 0 Å². The molecule has 5 rings (SSSR count). The number of carbonyl (C=O) groups excluding carboxylic acids is 1. The van der Waals surface area contributed by atoms with Crippen LogP contribution in [0, 0.1) is 0 Å². The second kappa shape index (κ2) is 9.16. The third-order valence-corrected chi connectivity index (χ3v) is 8.14. The third kappa shape index (κ3) is 4.24. The maximum atomic E-state index is 13.1. The van der Waals surface area contributed by atoms with Crippen molar-refractivity contribution in [3.63, 3.8) is 0 Å². The summed E-state index contributed by atoms with van der Waals surface area (Å²) in [5.74, 6) is 0.00330. The van der Waals surface area contributed by atoms with Crippen LogP contribution in [0.25, 0.3) is 10.2 Å². The van der Waals surface area contributed by atoms with Crippen molar-refractivity contribution in [3.05, 3.63) is 63.0 Å². The first-order valence-corrected chi connectivity index (χ1v) is 12.5. The Balaban J connectivity index is 1.18. The van der Waals surface area contributed by atoms with Crippen molar-refractivity contribution in [3.8, 4) is 0 Å². The van der Waals surface area contributed by atoms with Gasteiger partial charge in [-0.15, -0.1) is 11.3 Å². The number of likely N-dealkylation sites (tertiary alicyclic amines) is 1. The minimum Gasteiger partial charge on any atom is -0.352 e. The predicted octanol–water partition coefficient (Wildman–Crippen LogP) is 3.68. The molecule has 2 atom stereocenters. The van der Waals surface area contributed by atoms with Gasteiger partial charge in [0.1, 0.15) is 4.83 Å². The molecule has 2 unspecified atom stereocenters. The van der Waals surface area contributed by atoms with Crippen molar-refractivity contribution >= 4 is 27.5 Å². The zero-order valence-corrected chi connectivity index (χ0v) is 19.4. The summed E-state index contributed by atoms with van der Waals surface area (Å²) >= 11 is 1.66. The Morgan fingerprint density at radius 1 is 1.25 bits per heavy atom. The number of carbonyl (C=O) groups is 1. The predicted molar refractivity (Wildman–Crippen MR) is 128 cm³/mol. The molecule has 0 saturated carbocycles. The molecule has 0 radical (unpaired) electrons. The molecule has 1 aliphatic heterocycles. The average Bonchev–Trinajstić information content (AvgIpc) is 3.43. The van der Waals surface area contributed by atoms with Gasteiger partial charge in [-0.05, 0) is 50.2 Å². The van der Waals surface area contributed by atoms with E-state index in [2.05, 4.69) is 46.4 Å². The van der Waals surface area contributed by atoms with Gasteiger partial charge in [-0.2, -0.15) is 0 Å². The average molecular weight is 451 g/mol. The number of thiophene rings is 1. The van der Waals surface area contributed by atoms with Crippen LogP contribution in [-0.4, -0.2) is 39.5 Å². The third-order valence-electron chi connectivity index (χ3n) is 6.94. The van der Waals surface area contributed by atoms with Crippen LogP contribution in [0.5, 0.6) is 0 Å². The number of aryl methyl sites for hydroxylation is 3. The molecule has 1 amide bonds. The van der Waals surface area contributed by atoms with Crippen molar-refractivity contribution in [2.24, 2.45) is 0 Å². The fraction of sp³-hybridized carbons (Fsp3) is 0.480. The zero-order valence-electron chi connectivity index (χ0n) is 18.5. The molecule has 1 fully saturated rings. The fourth-order valence-electron chi connectivity index (χ4n) is 5.06. The highest BCUT2D eigenvalue weighted by Crippen LogP contribution is 2.33. The Kier molecular flexibility index (Phi) is 6.11. The molecule has 1 aliphatic carbocycles. The van der Waals surface area contributed by atoms with Gasteiger partial charge >= 0.3 is 0 Å². The van der Waals surface area contributed by atoms with Crippen LogP contribution >= 0.6 is 11.3 Å². The van der Waals surface area contributed by atoms with E-state index in [1.807, 2.05) is 6.07 Å². The molecule has 168 valence electrons. The first-order valence-electron chi connectivity index (χ1n) is 11.7. The Morgan fingerprint density at radius 2 is 2.06 bits per heavy atom. The van der Waals surface area contributed by atoms with Gasteiger partial charge in [-0.25, -0.2) is 4.98 Å². The van der Waals surface area contributed by atoms with Crippen molar-refractivity contribution < 1.29 is 4.79 Å². The van der Waals surface area contributed by atoms with Crippen LogP contribution in [-0.2, 0) is 24.2 Å². The number of hydrogen-bond donors (Lipinski definition) is 1. The molecule has 2 aromatic heterocycles. The normalized spacial score (nSPS) is 19.7. The lowest BCUT2D eigenvalue weighted by Gasteiger charge is -2.24. The van der Waals surface area contributed by atoms with E-state index in [1.54, 1.807) is 22.2 Å². The maximum absolute atomic E-state index is 13.1. The van der Waals surface area contributed by atoms with E-state index in [0.29, 0.717) is 19.0 Å². The topological polar surface area (TPSA) is 67.2 Å². The molecule has 2 aliphatic rings. The highest BCUT2D eigenvalue weighted by atomic mass is 32.1. The molecular formula is C25H30N4O2S. The number of rotatable bonds is 6. The number of benzene rings is 1. The number of aromatic nitrogens is 2. The van der Waals surface area contributed by atoms with Gasteiger partial charge in [0.05, 0.1) is 11.7 Å². The number of hydrogen-bond acceptors (Lipinski definition) is 5. The molecule has 1 saturated heterocycles. The zero-order chi connectivity index (χ0) is 22.1. The molecule has 0 spiro atoms. The Morgan fingerprint density at radius 3 is 2.91 bits per heavy atom. The minimum atomic E-state index is 0.00330. The van der Waals surface area contributed by atoms with Gasteiger partial charge in [0.25, 0.3) is 5.56 Å². The van der Waals surface area contributed by atoms with Crippen molar-refractivity contribution in [1.29, 1.82) is 0 Å². The van der Waals surface area contributed by atoms with E-state index in [1.165, 1.54) is 22.4 Å². The van der Waals surface area contributed by atoms with Gasteiger partial charge in [-0.3, -0.25) is 19.1 Å². The Hall–Kier alpha value is -2.51. The van der Waals surface area contributed by atoms with Crippen molar-refractivity contribution in [1.82, 2.24) is 19.8 Å². The molecule has 7 heteroatoms. The lowest BCUT2D eigenvalue weighted by atomic mass is 9.97. The second-order valence-corrected chi connectivity index (χ2v) is 10.1. The van der Waals surface area contributed by atoms with E-state index in [9.17, 15) is 9.59 Å². The van der Waals surface area contributed by atoms with Gasteiger partial charge < -0.3 is 5.32 Å². The molecule has 1 aromatic carbocycles. The van der Waals surface area contributed by atoms with Gasteiger partial charge in [-0.1, -0.05) is 30.3 Å². The van der Waals surface area contributed by atoms with Gasteiger partial charge in [0.2, 0.25) is 5.91 Å². The quantitative estimate of drug-likeness (QED) is 0.622. The van der Waals surface area contributed by atoms with E-state index in [0.717, 1.165) is 49.0 Å². The fourth-order valence-corrected chi connectivity index (χ4v) is 6.28. The number of fused-ring (bicyclic) bond motifs is 3. The SMILES string of the molecule is CC(c1ccccc1)N1CCC(NC(=O)CCn2cnc3sc4c(c3c2=O)CCCC4)C1. The highest BCUT2D eigenvalue weighted by molar-refractivity contribution is 7.18. The summed E-state index contributed by atoms with van der Waals surface area (Å²) in [6.07, 6.45) is 7.21. The van der Waals surface area contributed by atoms with Gasteiger partial charge in [0, 0.05) is 43.0 Å². The first kappa shape index (κ1) is 21.3. The standard InChI is InChI=1S/C25H30N4O2S/c1-17(18-7-3-2-4-8-18)28-13-11-19(15-28)27-22(30)12-14-29-16-26-24-23(25(29)31)20-9-5-6-10-21(20)32-24/h2-4,7-8,16-17,19H,5-6,9-15H2,1H3,(H,27,30). The van der Waals surface area contributed by atoms with Crippen molar-refractivity contribution in [2.45, 2.75) is 64.1 Å². The summed E-state index contributed by atoms with van der Waals surface area (Å²) in [4.78, 5) is 34.8. The monoisotopic (exact) mass is 450 g/mol. The van der Waals surface area contributed by atoms with E-state index in [-0.39, 0.29) is 17.5 Å². The van der Waals surface area contributed by atoms with Crippen LogP contribution in [0.1, 0.15) is 54.7 Å². The van der Waals surface area contributed by atoms with E-state index in [4.69, 9.17) is 0 Å². The number of nitrogens with zero attached hydrogens (tertiary/aromatic N) is 3. The van der Waals surface area contributed by atoms with E-state index < -0.39 is 0 Å². The summed E-state index contributed by atoms with van der Waals surface area (Å²) in [6.45, 7) is 4.42. The summed E-state index contributed by atoms with van der Waals surface area (Å²) < 4.78 is 1.61. The Bertz CT molecular complexity index is 1170. The van der Waals surface area contributed by atoms with Crippen LogP contribution < -0.4 is 10.9 Å². The first-order chi connectivity index (χ1) is 15.6. The lowest BCUT2D eigenvalue weighted by Crippen LogP contribution is -2.38. The lowest BCUT2D eigenvalue weighted by molar-refractivity contribution is -0.121. The van der Waals surface area contributed by atoms with Crippen LogP contribution in [0.4, 0.5) is 0 Å². The minimum absolute atomic E-state index is 0.00330. The smallest absolute Gasteiger partial charge is 0.262 e. The summed E-state index contributed by atoms with van der Waals surface area (Å²) in [5, 5.41) is 3.96.